The molecular weight excluding hydrogens is 500 g/mol. The van der Waals surface area contributed by atoms with Crippen molar-refractivity contribution in [3.05, 3.63) is 48.7 Å². The zero-order chi connectivity index (χ0) is 26.8. The zero-order valence-corrected chi connectivity index (χ0v) is 24.6. The highest BCUT2D eigenvalue weighted by atomic mass is 33.1. The number of nitrogens with zero attached hydrogens (tertiary/aromatic N) is 1. The number of unbranched alkanes of at least 4 members (excludes halogenated alkanes) is 7. The summed E-state index contributed by atoms with van der Waals surface area (Å²) >= 11 is 0. The molecule has 0 saturated carbocycles. The van der Waals surface area contributed by atoms with Gasteiger partial charge >= 0.3 is 6.09 Å². The Morgan fingerprint density at radius 2 is 1.76 bits per heavy atom. The van der Waals surface area contributed by atoms with Gasteiger partial charge in [0.1, 0.15) is 5.03 Å². The monoisotopic (exact) mass is 548 g/mol. The van der Waals surface area contributed by atoms with Crippen LogP contribution in [-0.2, 0) is 9.53 Å². The minimum absolute atomic E-state index is 0.0914. The van der Waals surface area contributed by atoms with Crippen molar-refractivity contribution in [1.82, 2.24) is 10.3 Å². The van der Waals surface area contributed by atoms with Crippen LogP contribution in [0.2, 0.25) is 0 Å². The molecule has 1 amide bonds. The van der Waals surface area contributed by atoms with Crippen LogP contribution in [0.1, 0.15) is 97.3 Å². The molecule has 0 aliphatic carbocycles. The van der Waals surface area contributed by atoms with E-state index in [1.165, 1.54) is 25.7 Å². The van der Waals surface area contributed by atoms with Gasteiger partial charge in [-0.05, 0) is 61.5 Å². The lowest BCUT2D eigenvalue weighted by atomic mass is 9.90. The number of aromatic nitrogens is 1. The number of carbonyl (C=O) groups excluding carboxylic acids is 2. The van der Waals surface area contributed by atoms with Crippen molar-refractivity contribution >= 4 is 34.0 Å². The summed E-state index contributed by atoms with van der Waals surface area (Å²) < 4.78 is 5.58. The molecule has 1 rings (SSSR count). The van der Waals surface area contributed by atoms with E-state index < -0.39 is 12.2 Å². The molecule has 1 N–H and O–H groups in total. The largest absolute Gasteiger partial charge is 0.438 e. The molecule has 2 atom stereocenters. The van der Waals surface area contributed by atoms with Gasteiger partial charge in [0.05, 0.1) is 0 Å². The molecule has 0 saturated heterocycles. The van der Waals surface area contributed by atoms with E-state index in [2.05, 4.69) is 48.5 Å². The lowest BCUT2D eigenvalue weighted by Crippen LogP contribution is -2.35. The summed E-state index contributed by atoms with van der Waals surface area (Å²) in [5.74, 6) is 0.820. The Morgan fingerprint density at radius 1 is 1.00 bits per heavy atom. The maximum atomic E-state index is 12.4. The number of nitrogens with one attached hydrogen (secondary N) is 1. The summed E-state index contributed by atoms with van der Waals surface area (Å²) in [5.41, 5.74) is 0. The van der Waals surface area contributed by atoms with Gasteiger partial charge in [-0.1, -0.05) is 100.0 Å². The second-order valence-corrected chi connectivity index (χ2v) is 11.6. The molecule has 0 aliphatic heterocycles. The number of hydrogen-bond donors (Lipinski definition) is 1. The number of hydrogen-bond acceptors (Lipinski definition) is 6. The zero-order valence-electron chi connectivity index (χ0n) is 22.9. The number of aldehydes is 1. The van der Waals surface area contributed by atoms with E-state index in [9.17, 15) is 9.59 Å². The quantitative estimate of drug-likeness (QED) is 0.0637. The Bertz CT molecular complexity index is 744. The molecule has 2 unspecified atom stereocenters. The number of alkyl carbamates (subject to hydrolysis) is 1. The summed E-state index contributed by atoms with van der Waals surface area (Å²) in [6.45, 7) is 4.85. The van der Waals surface area contributed by atoms with Gasteiger partial charge in [0.2, 0.25) is 0 Å². The molecule has 1 heterocycles. The van der Waals surface area contributed by atoms with Crippen molar-refractivity contribution in [3.8, 4) is 0 Å². The maximum Gasteiger partial charge on any atom is 0.407 e. The minimum Gasteiger partial charge on any atom is -0.438 e. The summed E-state index contributed by atoms with van der Waals surface area (Å²) in [6, 6.07) is 5.80. The highest BCUT2D eigenvalue weighted by Crippen LogP contribution is 2.28. The van der Waals surface area contributed by atoms with Crippen LogP contribution in [-0.4, -0.2) is 35.8 Å². The predicted octanol–water partition coefficient (Wildman–Crippen LogP) is 8.96. The molecule has 0 radical (unpaired) electrons. The van der Waals surface area contributed by atoms with Crippen molar-refractivity contribution in [2.24, 2.45) is 5.92 Å². The van der Waals surface area contributed by atoms with Gasteiger partial charge in [-0.15, -0.1) is 0 Å². The fourth-order valence-electron chi connectivity index (χ4n) is 3.98. The standard InChI is InChI=1S/C30H48N2O3S2/c1-3-5-7-9-10-11-12-13-15-17-21-27(20-16-14-8-6-4-2)28(26-33)35-30(34)32-24-25-36-37-29-22-18-19-23-31-29/h5,7,10-11,18-19,22-23,26-28H,3-4,6,8-9,12-17,20-21,24-25H2,1-2H3,(H,32,34). The molecule has 208 valence electrons. The van der Waals surface area contributed by atoms with Crippen molar-refractivity contribution in [1.29, 1.82) is 0 Å². The first-order valence-electron chi connectivity index (χ1n) is 14.1. The van der Waals surface area contributed by atoms with E-state index in [0.717, 1.165) is 74.9 Å². The summed E-state index contributed by atoms with van der Waals surface area (Å²) in [4.78, 5) is 28.5. The molecule has 5 nitrogen and oxygen atoms in total. The average molecular weight is 549 g/mol. The van der Waals surface area contributed by atoms with E-state index in [0.29, 0.717) is 6.54 Å². The van der Waals surface area contributed by atoms with Gasteiger partial charge in [0.25, 0.3) is 0 Å². The summed E-state index contributed by atoms with van der Waals surface area (Å²) in [6.07, 6.45) is 24.6. The van der Waals surface area contributed by atoms with Crippen LogP contribution < -0.4 is 5.32 Å². The molecule has 1 aromatic rings. The van der Waals surface area contributed by atoms with E-state index in [1.807, 2.05) is 18.2 Å². The molecule has 37 heavy (non-hydrogen) atoms. The lowest BCUT2D eigenvalue weighted by Gasteiger charge is -2.23. The Labute approximate surface area is 233 Å². The van der Waals surface area contributed by atoms with Crippen molar-refractivity contribution < 1.29 is 14.3 Å². The number of allylic oxidation sites excluding steroid dienone is 4. The molecule has 1 aromatic heterocycles. The highest BCUT2D eigenvalue weighted by molar-refractivity contribution is 8.76. The van der Waals surface area contributed by atoms with Crippen molar-refractivity contribution in [3.63, 3.8) is 0 Å². The Morgan fingerprint density at radius 3 is 2.46 bits per heavy atom. The normalized spacial score (nSPS) is 13.1. The van der Waals surface area contributed by atoms with Gasteiger partial charge in [-0.25, -0.2) is 9.78 Å². The van der Waals surface area contributed by atoms with Gasteiger partial charge in [-0.2, -0.15) is 0 Å². The van der Waals surface area contributed by atoms with Crippen molar-refractivity contribution in [2.75, 3.05) is 12.3 Å². The van der Waals surface area contributed by atoms with Crippen LogP contribution in [0, 0.1) is 5.92 Å². The first kappa shape index (κ1) is 33.3. The first-order valence-corrected chi connectivity index (χ1v) is 16.4. The molecule has 7 heteroatoms. The topological polar surface area (TPSA) is 68.3 Å². The molecule has 0 bridgehead atoms. The molecule has 0 aromatic carbocycles. The van der Waals surface area contributed by atoms with Crippen LogP contribution in [0.3, 0.4) is 0 Å². The summed E-state index contributed by atoms with van der Waals surface area (Å²) in [7, 11) is 3.21. The minimum atomic E-state index is -0.674. The third-order valence-corrected chi connectivity index (χ3v) is 8.31. The Kier molecular flexibility index (Phi) is 22.1. The number of carbonyl (C=O) groups is 2. The van der Waals surface area contributed by atoms with Crippen LogP contribution >= 0.6 is 21.6 Å². The van der Waals surface area contributed by atoms with Crippen LogP contribution in [0.5, 0.6) is 0 Å². The average Bonchev–Trinajstić information content (AvgIpc) is 2.92. The van der Waals surface area contributed by atoms with Gasteiger partial charge in [-0.3, -0.25) is 4.79 Å². The van der Waals surface area contributed by atoms with Crippen LogP contribution in [0.25, 0.3) is 0 Å². The number of rotatable bonds is 23. The molecule has 0 fully saturated rings. The van der Waals surface area contributed by atoms with E-state index >= 15 is 0 Å². The second-order valence-electron chi connectivity index (χ2n) is 9.19. The van der Waals surface area contributed by atoms with E-state index in [-0.39, 0.29) is 5.92 Å². The SMILES string of the molecule is CCC=CCC=CCCCCCC(CCCCCCC)C(C=O)OC(=O)NCCSSc1ccccn1. The highest BCUT2D eigenvalue weighted by Gasteiger charge is 2.24. The second kappa shape index (κ2) is 24.6. The predicted molar refractivity (Wildman–Crippen MR) is 160 cm³/mol. The Hall–Kier alpha value is -1.73. The maximum absolute atomic E-state index is 12.4. The van der Waals surface area contributed by atoms with Crippen LogP contribution in [0.15, 0.2) is 53.7 Å². The number of pyridine rings is 1. The van der Waals surface area contributed by atoms with Crippen LogP contribution in [0.4, 0.5) is 4.79 Å². The number of ether oxygens (including phenoxy) is 1. The third kappa shape index (κ3) is 19.1. The van der Waals surface area contributed by atoms with Crippen molar-refractivity contribution in [2.45, 2.75) is 108 Å². The Balaban J connectivity index is 2.38. The summed E-state index contributed by atoms with van der Waals surface area (Å²) in [5, 5.41) is 3.74. The number of amides is 1. The smallest absolute Gasteiger partial charge is 0.407 e. The third-order valence-electron chi connectivity index (χ3n) is 6.04. The van der Waals surface area contributed by atoms with E-state index in [1.54, 1.807) is 27.8 Å². The fourth-order valence-corrected chi connectivity index (χ4v) is 5.76. The molecule has 0 aliphatic rings. The molecular formula is C30H48N2O3S2. The van der Waals surface area contributed by atoms with Gasteiger partial charge in [0, 0.05) is 24.4 Å². The lowest BCUT2D eigenvalue weighted by molar-refractivity contribution is -0.118. The fraction of sp³-hybridized carbons (Fsp3) is 0.633. The van der Waals surface area contributed by atoms with Gasteiger partial charge < -0.3 is 10.1 Å². The molecule has 0 spiro atoms. The first-order chi connectivity index (χ1) is 18.2. The van der Waals surface area contributed by atoms with Gasteiger partial charge in [0.15, 0.2) is 12.4 Å². The van der Waals surface area contributed by atoms with E-state index in [4.69, 9.17) is 4.74 Å².